The van der Waals surface area contributed by atoms with Crippen LogP contribution in [0.2, 0.25) is 0 Å². The smallest absolute Gasteiger partial charge is 0.416 e. The average molecular weight is 688 g/mol. The van der Waals surface area contributed by atoms with E-state index in [2.05, 4.69) is 15.0 Å². The number of hydrogen-bond acceptors (Lipinski definition) is 8. The number of carboxylic acid groups (broad SMARTS) is 1. The lowest BCUT2D eigenvalue weighted by atomic mass is 9.98. The van der Waals surface area contributed by atoms with E-state index in [0.717, 1.165) is 18.2 Å². The summed E-state index contributed by atoms with van der Waals surface area (Å²) in [7, 11) is 1.39. The highest BCUT2D eigenvalue weighted by Gasteiger charge is 2.33. The normalized spacial score (nSPS) is 11.7. The molecule has 0 fully saturated rings. The number of nitriles is 1. The molecule has 0 saturated heterocycles. The largest absolute Gasteiger partial charge is 0.494 e. The number of ether oxygens (including phenoxy) is 2. The first-order valence-corrected chi connectivity index (χ1v) is 14.9. The van der Waals surface area contributed by atoms with Gasteiger partial charge < -0.3 is 19.5 Å². The van der Waals surface area contributed by atoms with Crippen LogP contribution in [0.4, 0.5) is 32.3 Å². The van der Waals surface area contributed by atoms with Gasteiger partial charge in [0.15, 0.2) is 5.75 Å². The molecule has 0 amide bonds. The number of pyridine rings is 1. The van der Waals surface area contributed by atoms with Crippen LogP contribution < -0.4 is 14.4 Å². The average Bonchev–Trinajstić information content (AvgIpc) is 3.05. The number of carbonyl (C=O) groups is 1. The number of carboxylic acids is 1. The number of halogens is 6. The molecule has 0 spiro atoms. The zero-order valence-corrected chi connectivity index (χ0v) is 26.6. The van der Waals surface area contributed by atoms with Crippen molar-refractivity contribution in [2.75, 3.05) is 18.6 Å². The molecule has 4 rings (SSSR count). The maximum absolute atomic E-state index is 14.0. The number of nitrogens with zero attached hydrogens (tertiary/aromatic N) is 5. The summed E-state index contributed by atoms with van der Waals surface area (Å²) in [4.78, 5) is 25.4. The minimum Gasteiger partial charge on any atom is -0.494 e. The second-order valence-corrected chi connectivity index (χ2v) is 11.3. The van der Waals surface area contributed by atoms with E-state index < -0.39 is 29.4 Å². The number of benzene rings is 2. The highest BCUT2D eigenvalue weighted by Crippen LogP contribution is 2.38. The van der Waals surface area contributed by atoms with Crippen LogP contribution in [0.5, 0.6) is 11.5 Å². The van der Waals surface area contributed by atoms with Crippen LogP contribution in [-0.2, 0) is 30.2 Å². The van der Waals surface area contributed by atoms with E-state index in [1.807, 2.05) is 13.8 Å². The van der Waals surface area contributed by atoms with E-state index in [9.17, 15) is 36.4 Å². The standard InChI is InChI=1S/C34H31F6N5O4/c1-20(2)28-8-9-29(48-3)31(44-28)27-7-6-24(33(35,36)37)14-23(27)19-45(18-22-11-21(15-41)12-25(13-22)34(38,39)40)32-42-16-26(17-43-32)49-10-4-5-30(46)47/h6-9,11-14,16-17,20H,4-5,10,18-19H2,1-3H3,(H,46,47). The summed E-state index contributed by atoms with van der Waals surface area (Å²) in [6.07, 6.45) is -6.92. The number of aromatic nitrogens is 3. The Kier molecular flexibility index (Phi) is 11.3. The van der Waals surface area contributed by atoms with E-state index >= 15 is 0 Å². The number of hydrogen-bond donors (Lipinski definition) is 1. The molecule has 0 aliphatic heterocycles. The molecule has 2 aromatic carbocycles. The molecular weight excluding hydrogens is 656 g/mol. The SMILES string of the molecule is COc1ccc(C(C)C)nc1-c1ccc(C(F)(F)F)cc1CN(Cc1cc(C#N)cc(C(F)(F)F)c1)c1ncc(OCCCC(=O)O)cn1. The first kappa shape index (κ1) is 36.4. The van der Waals surface area contributed by atoms with E-state index in [-0.39, 0.29) is 83.9 Å². The van der Waals surface area contributed by atoms with Gasteiger partial charge in [-0.2, -0.15) is 31.6 Å². The van der Waals surface area contributed by atoms with Crippen molar-refractivity contribution in [3.8, 4) is 28.8 Å². The van der Waals surface area contributed by atoms with E-state index in [0.29, 0.717) is 11.8 Å². The molecule has 49 heavy (non-hydrogen) atoms. The number of anilines is 1. The fourth-order valence-corrected chi connectivity index (χ4v) is 4.87. The van der Waals surface area contributed by atoms with Gasteiger partial charge in [0, 0.05) is 30.8 Å². The number of aliphatic carboxylic acids is 1. The zero-order chi connectivity index (χ0) is 35.9. The molecule has 2 aromatic heterocycles. The third kappa shape index (κ3) is 9.59. The maximum Gasteiger partial charge on any atom is 0.416 e. The minimum atomic E-state index is -4.78. The van der Waals surface area contributed by atoms with Gasteiger partial charge >= 0.3 is 18.3 Å². The first-order valence-electron chi connectivity index (χ1n) is 14.9. The Hall–Kier alpha value is -5.39. The van der Waals surface area contributed by atoms with Gasteiger partial charge in [-0.1, -0.05) is 19.9 Å². The molecule has 258 valence electrons. The lowest BCUT2D eigenvalue weighted by molar-refractivity contribution is -0.138. The molecule has 1 N–H and O–H groups in total. The summed E-state index contributed by atoms with van der Waals surface area (Å²) in [6.45, 7) is 3.15. The predicted molar refractivity (Wildman–Crippen MR) is 166 cm³/mol. The van der Waals surface area contributed by atoms with Crippen molar-refractivity contribution < 1.29 is 45.7 Å². The zero-order valence-electron chi connectivity index (χ0n) is 26.6. The molecule has 0 aliphatic carbocycles. The lowest BCUT2D eigenvalue weighted by Gasteiger charge is -2.26. The molecule has 0 bridgehead atoms. The van der Waals surface area contributed by atoms with Crippen LogP contribution in [0.15, 0.2) is 60.9 Å². The van der Waals surface area contributed by atoms with Crippen LogP contribution in [0.3, 0.4) is 0 Å². The molecule has 9 nitrogen and oxygen atoms in total. The first-order chi connectivity index (χ1) is 23.1. The topological polar surface area (TPSA) is 121 Å². The lowest BCUT2D eigenvalue weighted by Crippen LogP contribution is -2.25. The molecule has 0 radical (unpaired) electrons. The summed E-state index contributed by atoms with van der Waals surface area (Å²) >= 11 is 0. The van der Waals surface area contributed by atoms with Gasteiger partial charge in [0.2, 0.25) is 5.95 Å². The Labute approximate surface area is 277 Å². The van der Waals surface area contributed by atoms with Gasteiger partial charge in [0.1, 0.15) is 11.4 Å². The Morgan fingerprint density at radius 3 is 2.24 bits per heavy atom. The third-order valence-corrected chi connectivity index (χ3v) is 7.26. The van der Waals surface area contributed by atoms with Crippen molar-refractivity contribution in [3.05, 3.63) is 94.4 Å². The van der Waals surface area contributed by atoms with Crippen molar-refractivity contribution in [1.29, 1.82) is 5.26 Å². The van der Waals surface area contributed by atoms with Gasteiger partial charge in [-0.25, -0.2) is 15.0 Å². The number of rotatable bonds is 13. The second-order valence-electron chi connectivity index (χ2n) is 11.3. The predicted octanol–water partition coefficient (Wildman–Crippen LogP) is 8.03. The summed E-state index contributed by atoms with van der Waals surface area (Å²) in [5.41, 5.74) is -1.02. The Balaban J connectivity index is 1.84. The van der Waals surface area contributed by atoms with Gasteiger partial charge in [0.05, 0.1) is 48.9 Å². The monoisotopic (exact) mass is 687 g/mol. The van der Waals surface area contributed by atoms with Gasteiger partial charge in [-0.05, 0) is 65.9 Å². The van der Waals surface area contributed by atoms with Crippen molar-refractivity contribution in [3.63, 3.8) is 0 Å². The fraction of sp³-hybridized carbons (Fsp3) is 0.324. The molecule has 0 unspecified atom stereocenters. The molecule has 0 aliphatic rings. The van der Waals surface area contributed by atoms with Gasteiger partial charge in [-0.3, -0.25) is 4.79 Å². The Bertz CT molecular complexity index is 1820. The molecular formula is C34H31F6N5O4. The van der Waals surface area contributed by atoms with Crippen molar-refractivity contribution in [2.24, 2.45) is 0 Å². The molecule has 0 saturated carbocycles. The van der Waals surface area contributed by atoms with Crippen LogP contribution in [0.25, 0.3) is 11.3 Å². The van der Waals surface area contributed by atoms with Crippen LogP contribution in [0.1, 0.15) is 66.1 Å². The number of alkyl halides is 6. The van der Waals surface area contributed by atoms with E-state index in [4.69, 9.17) is 14.6 Å². The van der Waals surface area contributed by atoms with Crippen molar-refractivity contribution in [2.45, 2.75) is 58.0 Å². The quantitative estimate of drug-likeness (QED) is 0.110. The summed E-state index contributed by atoms with van der Waals surface area (Å²) in [5, 5.41) is 18.3. The van der Waals surface area contributed by atoms with Gasteiger partial charge in [0.25, 0.3) is 0 Å². The summed E-state index contributed by atoms with van der Waals surface area (Å²) in [5.74, 6) is -0.661. The maximum atomic E-state index is 14.0. The third-order valence-electron chi connectivity index (χ3n) is 7.26. The summed E-state index contributed by atoms with van der Waals surface area (Å²) < 4.78 is 94.3. The summed E-state index contributed by atoms with van der Waals surface area (Å²) in [6, 6.07) is 11.0. The molecule has 15 heteroatoms. The van der Waals surface area contributed by atoms with Crippen LogP contribution in [0, 0.1) is 11.3 Å². The van der Waals surface area contributed by atoms with Crippen molar-refractivity contribution in [1.82, 2.24) is 15.0 Å². The highest BCUT2D eigenvalue weighted by molar-refractivity contribution is 5.71. The number of methoxy groups -OCH3 is 1. The second kappa shape index (κ2) is 15.2. The highest BCUT2D eigenvalue weighted by atomic mass is 19.4. The van der Waals surface area contributed by atoms with E-state index in [1.54, 1.807) is 18.2 Å². The fourth-order valence-electron chi connectivity index (χ4n) is 4.87. The molecule has 2 heterocycles. The van der Waals surface area contributed by atoms with Crippen LogP contribution in [-0.4, -0.2) is 39.7 Å². The minimum absolute atomic E-state index is 0.0232. The molecule has 0 atom stereocenters. The Morgan fingerprint density at radius 1 is 0.959 bits per heavy atom. The van der Waals surface area contributed by atoms with E-state index in [1.165, 1.54) is 36.5 Å². The van der Waals surface area contributed by atoms with Crippen LogP contribution >= 0.6 is 0 Å². The van der Waals surface area contributed by atoms with Gasteiger partial charge in [-0.15, -0.1) is 0 Å². The molecule has 4 aromatic rings. The van der Waals surface area contributed by atoms with Crippen molar-refractivity contribution >= 4 is 11.9 Å². The Morgan fingerprint density at radius 2 is 1.65 bits per heavy atom.